The first-order chi connectivity index (χ1) is 11.7. The standard InChI is InChI=1S/C17H20N4O3/c1-24-15-6-3-2-5-14(15)21-12-7-13(17(21)23)19-16(22)8-11-20-10-4-9-18-20/h2-6,9-10,13H,7-8,11-12H2,1H3,(H,19,22). The third-order valence-electron chi connectivity index (χ3n) is 4.04. The van der Waals surface area contributed by atoms with E-state index in [-0.39, 0.29) is 11.8 Å². The van der Waals surface area contributed by atoms with E-state index >= 15 is 0 Å². The molecule has 24 heavy (non-hydrogen) atoms. The molecule has 1 unspecified atom stereocenters. The Morgan fingerprint density at radius 3 is 2.96 bits per heavy atom. The summed E-state index contributed by atoms with van der Waals surface area (Å²) in [5, 5.41) is 6.87. The van der Waals surface area contributed by atoms with Crippen LogP contribution in [0.4, 0.5) is 5.69 Å². The zero-order valence-electron chi connectivity index (χ0n) is 13.5. The monoisotopic (exact) mass is 328 g/mol. The van der Waals surface area contributed by atoms with Gasteiger partial charge in [-0.05, 0) is 24.6 Å². The van der Waals surface area contributed by atoms with Crippen LogP contribution < -0.4 is 15.0 Å². The normalized spacial score (nSPS) is 17.1. The van der Waals surface area contributed by atoms with Gasteiger partial charge in [-0.1, -0.05) is 12.1 Å². The van der Waals surface area contributed by atoms with Gasteiger partial charge in [0.1, 0.15) is 11.8 Å². The molecule has 1 aliphatic heterocycles. The fourth-order valence-electron chi connectivity index (χ4n) is 2.82. The van der Waals surface area contributed by atoms with E-state index in [0.29, 0.717) is 31.7 Å². The Morgan fingerprint density at radius 2 is 2.21 bits per heavy atom. The Kier molecular flexibility index (Phi) is 4.79. The summed E-state index contributed by atoms with van der Waals surface area (Å²) < 4.78 is 7.00. The van der Waals surface area contributed by atoms with Crippen molar-refractivity contribution in [3.8, 4) is 5.75 Å². The van der Waals surface area contributed by atoms with Crippen LogP contribution in [0.5, 0.6) is 5.75 Å². The average Bonchev–Trinajstić information content (AvgIpc) is 3.24. The molecule has 7 nitrogen and oxygen atoms in total. The zero-order valence-corrected chi connectivity index (χ0v) is 13.5. The minimum absolute atomic E-state index is 0.105. The summed E-state index contributed by atoms with van der Waals surface area (Å²) in [7, 11) is 1.58. The summed E-state index contributed by atoms with van der Waals surface area (Å²) in [6.45, 7) is 1.05. The number of nitrogens with zero attached hydrogens (tertiary/aromatic N) is 3. The van der Waals surface area contributed by atoms with Crippen LogP contribution in [-0.2, 0) is 16.1 Å². The van der Waals surface area contributed by atoms with Crippen molar-refractivity contribution in [3.05, 3.63) is 42.7 Å². The minimum Gasteiger partial charge on any atom is -0.495 e. The molecule has 1 N–H and O–H groups in total. The number of nitrogens with one attached hydrogen (secondary N) is 1. The molecule has 0 bridgehead atoms. The molecule has 1 aliphatic rings. The van der Waals surface area contributed by atoms with E-state index in [1.165, 1.54) is 0 Å². The molecule has 3 rings (SSSR count). The number of benzene rings is 1. The highest BCUT2D eigenvalue weighted by Crippen LogP contribution is 2.30. The van der Waals surface area contributed by atoms with Crippen LogP contribution in [0.25, 0.3) is 0 Å². The molecule has 1 saturated heterocycles. The lowest BCUT2D eigenvalue weighted by atomic mass is 10.2. The minimum atomic E-state index is -0.486. The van der Waals surface area contributed by atoms with Gasteiger partial charge in [0.25, 0.3) is 0 Å². The second-order valence-corrected chi connectivity index (χ2v) is 5.59. The highest BCUT2D eigenvalue weighted by molar-refractivity contribution is 6.02. The van der Waals surface area contributed by atoms with Crippen LogP contribution in [0.1, 0.15) is 12.8 Å². The Hall–Kier alpha value is -2.83. The van der Waals surface area contributed by atoms with E-state index in [1.54, 1.807) is 29.1 Å². The second kappa shape index (κ2) is 7.16. The molecule has 0 radical (unpaired) electrons. The van der Waals surface area contributed by atoms with Gasteiger partial charge in [-0.15, -0.1) is 0 Å². The summed E-state index contributed by atoms with van der Waals surface area (Å²) in [5.41, 5.74) is 0.735. The van der Waals surface area contributed by atoms with Gasteiger partial charge in [0.05, 0.1) is 12.8 Å². The van der Waals surface area contributed by atoms with Crippen molar-refractivity contribution in [2.45, 2.75) is 25.4 Å². The molecule has 2 heterocycles. The van der Waals surface area contributed by atoms with E-state index < -0.39 is 6.04 Å². The van der Waals surface area contributed by atoms with Crippen molar-refractivity contribution in [2.24, 2.45) is 0 Å². The summed E-state index contributed by atoms with van der Waals surface area (Å²) in [6, 6.07) is 8.71. The smallest absolute Gasteiger partial charge is 0.249 e. The molecular weight excluding hydrogens is 308 g/mol. The Balaban J connectivity index is 1.58. The maximum atomic E-state index is 12.6. The largest absolute Gasteiger partial charge is 0.495 e. The van der Waals surface area contributed by atoms with Gasteiger partial charge in [0.15, 0.2) is 0 Å². The van der Waals surface area contributed by atoms with Gasteiger partial charge in [0.2, 0.25) is 11.8 Å². The van der Waals surface area contributed by atoms with Gasteiger partial charge in [-0.2, -0.15) is 5.10 Å². The number of aromatic nitrogens is 2. The quantitative estimate of drug-likeness (QED) is 0.864. The van der Waals surface area contributed by atoms with Crippen molar-refractivity contribution in [3.63, 3.8) is 0 Å². The molecule has 2 amide bonds. The Bertz CT molecular complexity index is 714. The highest BCUT2D eigenvalue weighted by atomic mass is 16.5. The number of rotatable bonds is 6. The number of carbonyl (C=O) groups is 2. The lowest BCUT2D eigenvalue weighted by molar-refractivity contribution is -0.126. The van der Waals surface area contributed by atoms with Crippen molar-refractivity contribution in [2.75, 3.05) is 18.6 Å². The maximum Gasteiger partial charge on any atom is 0.249 e. The molecule has 126 valence electrons. The topological polar surface area (TPSA) is 76.5 Å². The number of amides is 2. The Labute approximate surface area is 140 Å². The molecule has 0 saturated carbocycles. The number of carbonyl (C=O) groups excluding carboxylic acids is 2. The van der Waals surface area contributed by atoms with Crippen LogP contribution in [0.15, 0.2) is 42.7 Å². The highest BCUT2D eigenvalue weighted by Gasteiger charge is 2.34. The van der Waals surface area contributed by atoms with E-state index in [2.05, 4.69) is 10.4 Å². The van der Waals surface area contributed by atoms with Crippen LogP contribution in [-0.4, -0.2) is 41.3 Å². The molecule has 1 fully saturated rings. The van der Waals surface area contributed by atoms with Crippen LogP contribution in [0.2, 0.25) is 0 Å². The Morgan fingerprint density at radius 1 is 1.38 bits per heavy atom. The lowest BCUT2D eigenvalue weighted by Gasteiger charge is -2.19. The first-order valence-corrected chi connectivity index (χ1v) is 7.90. The number of para-hydroxylation sites is 2. The van der Waals surface area contributed by atoms with E-state index in [4.69, 9.17) is 4.74 Å². The molecule has 0 aliphatic carbocycles. The molecule has 2 aromatic rings. The van der Waals surface area contributed by atoms with Crippen molar-refractivity contribution < 1.29 is 14.3 Å². The van der Waals surface area contributed by atoms with E-state index in [0.717, 1.165) is 5.69 Å². The van der Waals surface area contributed by atoms with Gasteiger partial charge in [-0.25, -0.2) is 0 Å². The molecule has 1 aromatic heterocycles. The second-order valence-electron chi connectivity index (χ2n) is 5.59. The first kappa shape index (κ1) is 16.0. The van der Waals surface area contributed by atoms with Crippen molar-refractivity contribution >= 4 is 17.5 Å². The molecular formula is C17H20N4O3. The SMILES string of the molecule is COc1ccccc1N1CCC(NC(=O)CCn2cccn2)C1=O. The van der Waals surface area contributed by atoms with Crippen molar-refractivity contribution in [1.82, 2.24) is 15.1 Å². The van der Waals surface area contributed by atoms with Gasteiger partial charge >= 0.3 is 0 Å². The third kappa shape index (κ3) is 3.40. The average molecular weight is 328 g/mol. The number of methoxy groups -OCH3 is 1. The predicted molar refractivity (Wildman–Crippen MR) is 88.7 cm³/mol. The van der Waals surface area contributed by atoms with Gasteiger partial charge in [0, 0.05) is 31.9 Å². The number of aryl methyl sites for hydroxylation is 1. The predicted octanol–water partition coefficient (Wildman–Crippen LogP) is 1.20. The summed E-state index contributed by atoms with van der Waals surface area (Å²) >= 11 is 0. The van der Waals surface area contributed by atoms with Crippen molar-refractivity contribution in [1.29, 1.82) is 0 Å². The van der Waals surface area contributed by atoms with E-state index in [1.807, 2.05) is 30.3 Å². The fourth-order valence-corrected chi connectivity index (χ4v) is 2.82. The van der Waals surface area contributed by atoms with Gasteiger partial charge in [-0.3, -0.25) is 14.3 Å². The van der Waals surface area contributed by atoms with Crippen LogP contribution >= 0.6 is 0 Å². The number of hydrogen-bond acceptors (Lipinski definition) is 4. The number of ether oxygens (including phenoxy) is 1. The maximum absolute atomic E-state index is 12.6. The van der Waals surface area contributed by atoms with Gasteiger partial charge < -0.3 is 15.0 Å². The van der Waals surface area contributed by atoms with E-state index in [9.17, 15) is 9.59 Å². The zero-order chi connectivity index (χ0) is 16.9. The molecule has 0 spiro atoms. The number of hydrogen-bond donors (Lipinski definition) is 1. The fraction of sp³-hybridized carbons (Fsp3) is 0.353. The molecule has 7 heteroatoms. The molecule has 1 atom stereocenters. The van der Waals surface area contributed by atoms with Crippen LogP contribution in [0.3, 0.4) is 0 Å². The molecule has 1 aromatic carbocycles. The third-order valence-corrected chi connectivity index (χ3v) is 4.04. The summed E-state index contributed by atoms with van der Waals surface area (Å²) in [4.78, 5) is 26.3. The lowest BCUT2D eigenvalue weighted by Crippen LogP contribution is -2.41. The summed E-state index contributed by atoms with van der Waals surface area (Å²) in [6.07, 6.45) is 4.35. The first-order valence-electron chi connectivity index (χ1n) is 7.90. The summed E-state index contributed by atoms with van der Waals surface area (Å²) in [5.74, 6) is 0.397. The number of anilines is 1. The van der Waals surface area contributed by atoms with Crippen LogP contribution in [0, 0.1) is 0 Å².